The van der Waals surface area contributed by atoms with E-state index >= 15 is 0 Å². The molecule has 0 unspecified atom stereocenters. The highest BCUT2D eigenvalue weighted by molar-refractivity contribution is 5.95. The molecule has 1 amide bonds. The van der Waals surface area contributed by atoms with Crippen LogP contribution in [-0.2, 0) is 11.3 Å². The lowest BCUT2D eigenvalue weighted by Crippen LogP contribution is -2.38. The Morgan fingerprint density at radius 1 is 1.19 bits per heavy atom. The van der Waals surface area contributed by atoms with Gasteiger partial charge in [-0.1, -0.05) is 26.0 Å². The van der Waals surface area contributed by atoms with E-state index in [1.807, 2.05) is 29.2 Å². The summed E-state index contributed by atoms with van der Waals surface area (Å²) in [6, 6.07) is 8.10. The van der Waals surface area contributed by atoms with Crippen LogP contribution in [-0.4, -0.2) is 12.5 Å². The summed E-state index contributed by atoms with van der Waals surface area (Å²) >= 11 is 0. The molecule has 0 atom stereocenters. The third-order valence-corrected chi connectivity index (χ3v) is 4.56. The van der Waals surface area contributed by atoms with E-state index in [4.69, 9.17) is 5.73 Å². The monoisotopic (exact) mass is 288 g/mol. The van der Waals surface area contributed by atoms with Crippen molar-refractivity contribution in [3.05, 3.63) is 29.8 Å². The van der Waals surface area contributed by atoms with Crippen molar-refractivity contribution in [2.45, 2.75) is 52.5 Å². The molecule has 1 saturated carbocycles. The van der Waals surface area contributed by atoms with Crippen LogP contribution >= 0.6 is 0 Å². The van der Waals surface area contributed by atoms with Crippen molar-refractivity contribution in [2.75, 3.05) is 11.4 Å². The van der Waals surface area contributed by atoms with E-state index in [-0.39, 0.29) is 5.92 Å². The first kappa shape index (κ1) is 16.0. The summed E-state index contributed by atoms with van der Waals surface area (Å²) in [5, 5.41) is 0. The number of carbonyl (C=O) groups excluding carboxylic acids is 1. The normalized spacial score (nSPS) is 22.0. The first-order chi connectivity index (χ1) is 10.2. The van der Waals surface area contributed by atoms with Gasteiger partial charge in [-0.15, -0.1) is 0 Å². The quantitative estimate of drug-likeness (QED) is 0.897. The minimum atomic E-state index is 0.210. The smallest absolute Gasteiger partial charge is 0.230 e. The van der Waals surface area contributed by atoms with Gasteiger partial charge < -0.3 is 10.6 Å². The van der Waals surface area contributed by atoms with Crippen molar-refractivity contribution in [3.8, 4) is 0 Å². The summed E-state index contributed by atoms with van der Waals surface area (Å²) in [7, 11) is 0. The molecule has 1 aliphatic rings. The summed E-state index contributed by atoms with van der Waals surface area (Å²) < 4.78 is 0. The van der Waals surface area contributed by atoms with Gasteiger partial charge in [0.05, 0.1) is 0 Å². The summed E-state index contributed by atoms with van der Waals surface area (Å²) in [4.78, 5) is 14.8. The van der Waals surface area contributed by atoms with Crippen LogP contribution in [0.4, 0.5) is 5.69 Å². The standard InChI is InChI=1S/C18H28N2O/c1-3-12-20(17-10-6-15(13-19)7-11-17)18(21)16-8-4-14(2)5-9-16/h6-7,10-11,14,16H,3-5,8-9,12-13,19H2,1-2H3. The molecule has 0 spiro atoms. The van der Waals surface area contributed by atoms with Crippen molar-refractivity contribution in [1.29, 1.82) is 0 Å². The number of hydrogen-bond donors (Lipinski definition) is 1. The maximum atomic E-state index is 12.9. The minimum Gasteiger partial charge on any atom is -0.326 e. The Kier molecular flexibility index (Phi) is 5.80. The average molecular weight is 288 g/mol. The van der Waals surface area contributed by atoms with Gasteiger partial charge in [-0.2, -0.15) is 0 Å². The molecular weight excluding hydrogens is 260 g/mol. The predicted molar refractivity (Wildman–Crippen MR) is 88.1 cm³/mol. The SMILES string of the molecule is CCCN(C(=O)C1CCC(C)CC1)c1ccc(CN)cc1. The lowest BCUT2D eigenvalue weighted by molar-refractivity contribution is -0.123. The Morgan fingerprint density at radius 2 is 1.81 bits per heavy atom. The summed E-state index contributed by atoms with van der Waals surface area (Å²) in [6.45, 7) is 5.75. The predicted octanol–water partition coefficient (Wildman–Crippen LogP) is 3.71. The number of nitrogens with two attached hydrogens (primary N) is 1. The molecule has 0 radical (unpaired) electrons. The first-order valence-corrected chi connectivity index (χ1v) is 8.26. The molecule has 0 bridgehead atoms. The van der Waals surface area contributed by atoms with E-state index in [0.717, 1.165) is 43.0 Å². The van der Waals surface area contributed by atoms with Gasteiger partial charge in [0.25, 0.3) is 0 Å². The molecule has 1 fully saturated rings. The van der Waals surface area contributed by atoms with Gasteiger partial charge in [0.1, 0.15) is 0 Å². The van der Waals surface area contributed by atoms with Crippen LogP contribution in [0.15, 0.2) is 24.3 Å². The zero-order valence-corrected chi connectivity index (χ0v) is 13.3. The molecule has 1 aromatic rings. The zero-order valence-electron chi connectivity index (χ0n) is 13.3. The van der Waals surface area contributed by atoms with Crippen molar-refractivity contribution < 1.29 is 4.79 Å². The van der Waals surface area contributed by atoms with Crippen molar-refractivity contribution in [1.82, 2.24) is 0 Å². The van der Waals surface area contributed by atoms with Gasteiger partial charge in [0, 0.05) is 24.7 Å². The molecule has 0 saturated heterocycles. The molecule has 3 nitrogen and oxygen atoms in total. The van der Waals surface area contributed by atoms with Crippen LogP contribution in [0, 0.1) is 11.8 Å². The molecule has 21 heavy (non-hydrogen) atoms. The highest BCUT2D eigenvalue weighted by atomic mass is 16.2. The Morgan fingerprint density at radius 3 is 2.33 bits per heavy atom. The van der Waals surface area contributed by atoms with Crippen LogP contribution < -0.4 is 10.6 Å². The first-order valence-electron chi connectivity index (χ1n) is 8.26. The van der Waals surface area contributed by atoms with Crippen LogP contribution in [0.5, 0.6) is 0 Å². The van der Waals surface area contributed by atoms with Gasteiger partial charge in [-0.3, -0.25) is 4.79 Å². The highest BCUT2D eigenvalue weighted by Crippen LogP contribution is 2.31. The summed E-state index contributed by atoms with van der Waals surface area (Å²) in [5.41, 5.74) is 7.76. The van der Waals surface area contributed by atoms with E-state index in [1.54, 1.807) is 0 Å². The molecule has 1 aliphatic carbocycles. The number of benzene rings is 1. The van der Waals surface area contributed by atoms with Gasteiger partial charge in [-0.05, 0) is 55.7 Å². The lowest BCUT2D eigenvalue weighted by Gasteiger charge is -2.31. The molecule has 2 N–H and O–H groups in total. The molecule has 1 aromatic carbocycles. The molecule has 0 aliphatic heterocycles. The van der Waals surface area contributed by atoms with Crippen LogP contribution in [0.3, 0.4) is 0 Å². The van der Waals surface area contributed by atoms with Gasteiger partial charge >= 0.3 is 0 Å². The topological polar surface area (TPSA) is 46.3 Å². The Hall–Kier alpha value is -1.35. The fourth-order valence-electron chi connectivity index (χ4n) is 3.13. The summed E-state index contributed by atoms with van der Waals surface area (Å²) in [6.07, 6.45) is 5.43. The van der Waals surface area contributed by atoms with Crippen molar-refractivity contribution >= 4 is 11.6 Å². The number of amides is 1. The van der Waals surface area contributed by atoms with E-state index in [9.17, 15) is 4.79 Å². The Labute approximate surface area is 128 Å². The second-order valence-electron chi connectivity index (χ2n) is 6.32. The van der Waals surface area contributed by atoms with E-state index in [0.29, 0.717) is 12.5 Å². The number of nitrogens with zero attached hydrogens (tertiary/aromatic N) is 1. The van der Waals surface area contributed by atoms with Crippen molar-refractivity contribution in [3.63, 3.8) is 0 Å². The average Bonchev–Trinajstić information content (AvgIpc) is 2.53. The van der Waals surface area contributed by atoms with E-state index in [2.05, 4.69) is 13.8 Å². The lowest BCUT2D eigenvalue weighted by atomic mass is 9.82. The maximum absolute atomic E-state index is 12.9. The molecule has 116 valence electrons. The number of anilines is 1. The highest BCUT2D eigenvalue weighted by Gasteiger charge is 2.28. The number of rotatable bonds is 5. The number of hydrogen-bond acceptors (Lipinski definition) is 2. The molecular formula is C18H28N2O. The second-order valence-corrected chi connectivity index (χ2v) is 6.32. The van der Waals surface area contributed by atoms with Crippen LogP contribution in [0.1, 0.15) is 51.5 Å². The van der Waals surface area contributed by atoms with Gasteiger partial charge in [-0.25, -0.2) is 0 Å². The van der Waals surface area contributed by atoms with Gasteiger partial charge in [0.15, 0.2) is 0 Å². The Balaban J connectivity index is 2.11. The second kappa shape index (κ2) is 7.60. The minimum absolute atomic E-state index is 0.210. The third-order valence-electron chi connectivity index (χ3n) is 4.56. The fraction of sp³-hybridized carbons (Fsp3) is 0.611. The third kappa shape index (κ3) is 4.07. The largest absolute Gasteiger partial charge is 0.326 e. The van der Waals surface area contributed by atoms with E-state index < -0.39 is 0 Å². The fourth-order valence-corrected chi connectivity index (χ4v) is 3.13. The Bertz CT molecular complexity index is 447. The van der Waals surface area contributed by atoms with Crippen LogP contribution in [0.2, 0.25) is 0 Å². The van der Waals surface area contributed by atoms with Crippen molar-refractivity contribution in [2.24, 2.45) is 17.6 Å². The summed E-state index contributed by atoms with van der Waals surface area (Å²) in [5.74, 6) is 1.30. The molecule has 3 heteroatoms. The molecule has 0 aromatic heterocycles. The van der Waals surface area contributed by atoms with Gasteiger partial charge in [0.2, 0.25) is 5.91 Å². The molecule has 2 rings (SSSR count). The molecule has 0 heterocycles. The number of carbonyl (C=O) groups is 1. The van der Waals surface area contributed by atoms with E-state index in [1.165, 1.54) is 12.8 Å². The van der Waals surface area contributed by atoms with Crippen LogP contribution in [0.25, 0.3) is 0 Å². The zero-order chi connectivity index (χ0) is 15.2. The maximum Gasteiger partial charge on any atom is 0.230 e.